The van der Waals surface area contributed by atoms with Gasteiger partial charge in [-0.15, -0.1) is 11.3 Å². The monoisotopic (exact) mass is 178 g/mol. The van der Waals surface area contributed by atoms with Crippen LogP contribution in [0.4, 0.5) is 5.13 Å². The van der Waals surface area contributed by atoms with Gasteiger partial charge in [0.2, 0.25) is 0 Å². The van der Waals surface area contributed by atoms with Crippen LogP contribution in [0.3, 0.4) is 0 Å². The minimum atomic E-state index is -2.01. The molecular formula is C4H6N2O2S2. The van der Waals surface area contributed by atoms with E-state index in [9.17, 15) is 4.21 Å². The summed E-state index contributed by atoms with van der Waals surface area (Å²) in [4.78, 5) is 4.82. The van der Waals surface area contributed by atoms with E-state index in [1.165, 1.54) is 11.3 Å². The van der Waals surface area contributed by atoms with Crippen molar-refractivity contribution in [2.45, 2.75) is 6.92 Å². The molecule has 0 aliphatic heterocycles. The molecule has 0 aromatic carbocycles. The van der Waals surface area contributed by atoms with E-state index in [1.54, 1.807) is 6.20 Å². The maximum absolute atomic E-state index is 10.1. The van der Waals surface area contributed by atoms with Crippen LogP contribution in [-0.2, 0) is 11.3 Å². The summed E-state index contributed by atoms with van der Waals surface area (Å²) in [6.45, 7) is 1.88. The molecule has 2 N–H and O–H groups in total. The zero-order valence-electron chi connectivity index (χ0n) is 5.20. The fourth-order valence-electron chi connectivity index (χ4n) is 0.477. The number of thiazole rings is 1. The van der Waals surface area contributed by atoms with Gasteiger partial charge in [-0.1, -0.05) is 0 Å². The highest BCUT2D eigenvalue weighted by atomic mass is 32.2. The number of nitrogens with one attached hydrogen (secondary N) is 1. The first kappa shape index (κ1) is 7.64. The number of rotatable bonds is 2. The van der Waals surface area contributed by atoms with Gasteiger partial charge in [0, 0.05) is 11.1 Å². The molecule has 1 atom stereocenters. The van der Waals surface area contributed by atoms with E-state index in [0.717, 1.165) is 4.88 Å². The van der Waals surface area contributed by atoms with Crippen LogP contribution >= 0.6 is 11.3 Å². The van der Waals surface area contributed by atoms with Crippen molar-refractivity contribution in [2.75, 3.05) is 4.72 Å². The maximum atomic E-state index is 10.1. The van der Waals surface area contributed by atoms with E-state index in [1.807, 2.05) is 6.92 Å². The van der Waals surface area contributed by atoms with Crippen LogP contribution in [0, 0.1) is 6.92 Å². The second kappa shape index (κ2) is 3.09. The number of hydrogen-bond donors (Lipinski definition) is 2. The Morgan fingerprint density at radius 1 is 1.90 bits per heavy atom. The minimum absolute atomic E-state index is 0.471. The highest BCUT2D eigenvalue weighted by molar-refractivity contribution is 7.80. The first-order valence-corrected chi connectivity index (χ1v) is 4.41. The Balaban J connectivity index is 2.67. The molecule has 1 rings (SSSR count). The molecule has 0 spiro atoms. The topological polar surface area (TPSA) is 62.2 Å². The predicted octanol–water partition coefficient (Wildman–Crippen LogP) is 1.00. The van der Waals surface area contributed by atoms with Gasteiger partial charge in [0.05, 0.1) is 0 Å². The molecule has 0 aliphatic rings. The van der Waals surface area contributed by atoms with Gasteiger partial charge in [0.25, 0.3) is 11.3 Å². The normalized spacial score (nSPS) is 13.0. The highest BCUT2D eigenvalue weighted by Gasteiger charge is 1.98. The molecule has 0 fully saturated rings. The van der Waals surface area contributed by atoms with Crippen molar-refractivity contribution < 1.29 is 8.76 Å². The number of nitrogens with zero attached hydrogens (tertiary/aromatic N) is 1. The number of aromatic nitrogens is 1. The molecule has 0 radical (unpaired) electrons. The third-order valence-electron chi connectivity index (χ3n) is 0.796. The summed E-state index contributed by atoms with van der Waals surface area (Å²) < 4.78 is 20.7. The van der Waals surface area contributed by atoms with Crippen molar-refractivity contribution in [3.8, 4) is 0 Å². The van der Waals surface area contributed by atoms with E-state index in [2.05, 4.69) is 9.71 Å². The first-order valence-electron chi connectivity index (χ1n) is 2.48. The van der Waals surface area contributed by atoms with Crippen molar-refractivity contribution in [1.29, 1.82) is 0 Å². The van der Waals surface area contributed by atoms with Crippen LogP contribution in [0.1, 0.15) is 4.88 Å². The van der Waals surface area contributed by atoms with E-state index in [4.69, 9.17) is 4.55 Å². The summed E-state index contributed by atoms with van der Waals surface area (Å²) in [7, 11) is 0. The largest absolute Gasteiger partial charge is 0.289 e. The van der Waals surface area contributed by atoms with Gasteiger partial charge < -0.3 is 0 Å². The molecular weight excluding hydrogens is 172 g/mol. The van der Waals surface area contributed by atoms with Crippen LogP contribution < -0.4 is 4.72 Å². The van der Waals surface area contributed by atoms with E-state index in [-0.39, 0.29) is 0 Å². The predicted molar refractivity (Wildman–Crippen MR) is 41.2 cm³/mol. The van der Waals surface area contributed by atoms with Crippen LogP contribution in [0.25, 0.3) is 0 Å². The van der Waals surface area contributed by atoms with Crippen LogP contribution in [0.15, 0.2) is 6.20 Å². The van der Waals surface area contributed by atoms with Crippen LogP contribution in [0.5, 0.6) is 0 Å². The van der Waals surface area contributed by atoms with E-state index < -0.39 is 11.3 Å². The Labute approximate surface area is 64.7 Å². The smallest absolute Gasteiger partial charge is 0.260 e. The fraction of sp³-hybridized carbons (Fsp3) is 0.250. The number of hydrogen-bond acceptors (Lipinski definition) is 3. The lowest BCUT2D eigenvalue weighted by atomic mass is 10.7. The van der Waals surface area contributed by atoms with E-state index in [0.29, 0.717) is 5.13 Å². The Morgan fingerprint density at radius 2 is 2.60 bits per heavy atom. The number of aryl methyl sites for hydroxylation is 1. The summed E-state index contributed by atoms with van der Waals surface area (Å²) in [6, 6.07) is 0. The van der Waals surface area contributed by atoms with Crippen molar-refractivity contribution in [1.82, 2.24) is 4.98 Å². The Morgan fingerprint density at radius 3 is 3.00 bits per heavy atom. The average Bonchev–Trinajstić information content (AvgIpc) is 2.13. The summed E-state index contributed by atoms with van der Waals surface area (Å²) >= 11 is -0.665. The summed E-state index contributed by atoms with van der Waals surface area (Å²) in [5, 5.41) is 0.471. The zero-order chi connectivity index (χ0) is 7.56. The van der Waals surface area contributed by atoms with Gasteiger partial charge in [0.1, 0.15) is 0 Å². The Kier molecular flexibility index (Phi) is 2.36. The molecule has 0 bridgehead atoms. The summed E-state index contributed by atoms with van der Waals surface area (Å²) in [5.74, 6) is 0. The molecule has 0 amide bonds. The molecule has 0 saturated heterocycles. The molecule has 0 aliphatic carbocycles. The summed E-state index contributed by atoms with van der Waals surface area (Å²) in [6.07, 6.45) is 1.64. The van der Waals surface area contributed by atoms with Gasteiger partial charge in [-0.25, -0.2) is 9.19 Å². The number of anilines is 1. The van der Waals surface area contributed by atoms with Crippen molar-refractivity contribution >= 4 is 27.7 Å². The molecule has 10 heavy (non-hydrogen) atoms. The maximum Gasteiger partial charge on any atom is 0.260 e. The lowest BCUT2D eigenvalue weighted by Gasteiger charge is -1.90. The van der Waals surface area contributed by atoms with Crippen LogP contribution in [0.2, 0.25) is 0 Å². The quantitative estimate of drug-likeness (QED) is 0.664. The SMILES string of the molecule is Cc1cnc(NS(=O)O)s1. The molecule has 1 unspecified atom stereocenters. The third kappa shape index (κ3) is 2.05. The molecule has 1 aromatic heterocycles. The zero-order valence-corrected chi connectivity index (χ0v) is 6.83. The molecule has 56 valence electrons. The van der Waals surface area contributed by atoms with Crippen molar-refractivity contribution in [2.24, 2.45) is 0 Å². The molecule has 1 heterocycles. The van der Waals surface area contributed by atoms with Gasteiger partial charge >= 0.3 is 0 Å². The average molecular weight is 178 g/mol. The minimum Gasteiger partial charge on any atom is -0.289 e. The first-order chi connectivity index (χ1) is 4.68. The standard InChI is InChI=1S/C4H6N2O2S2/c1-3-2-5-4(9-3)6-10(7)8/h2H,1H3,(H,5,6)(H,7,8). The Hall–Kier alpha value is -0.460. The molecule has 4 nitrogen and oxygen atoms in total. The molecule has 6 heteroatoms. The fourth-order valence-corrected chi connectivity index (χ4v) is 1.58. The van der Waals surface area contributed by atoms with Gasteiger partial charge in [0.15, 0.2) is 5.13 Å². The van der Waals surface area contributed by atoms with Gasteiger partial charge in [-0.05, 0) is 6.92 Å². The van der Waals surface area contributed by atoms with Gasteiger partial charge in [-0.3, -0.25) is 9.27 Å². The second-order valence-electron chi connectivity index (χ2n) is 1.63. The Bertz CT molecular complexity index is 247. The molecule has 1 aromatic rings. The van der Waals surface area contributed by atoms with Gasteiger partial charge in [-0.2, -0.15) is 0 Å². The molecule has 0 saturated carbocycles. The third-order valence-corrected chi connectivity index (χ3v) is 2.12. The second-order valence-corrected chi connectivity index (χ2v) is 3.56. The van der Waals surface area contributed by atoms with Crippen molar-refractivity contribution in [3.05, 3.63) is 11.1 Å². The van der Waals surface area contributed by atoms with Crippen molar-refractivity contribution in [3.63, 3.8) is 0 Å². The van der Waals surface area contributed by atoms with E-state index >= 15 is 0 Å². The lowest BCUT2D eigenvalue weighted by molar-refractivity contribution is 0.570. The lowest BCUT2D eigenvalue weighted by Crippen LogP contribution is -2.00. The highest BCUT2D eigenvalue weighted by Crippen LogP contribution is 2.16. The van der Waals surface area contributed by atoms with Crippen LogP contribution in [-0.4, -0.2) is 13.7 Å². The summed E-state index contributed by atoms with van der Waals surface area (Å²) in [5.41, 5.74) is 0.